The lowest BCUT2D eigenvalue weighted by Crippen LogP contribution is -2.47. The van der Waals surface area contributed by atoms with Gasteiger partial charge in [0.15, 0.2) is 0 Å². The number of allylic oxidation sites excluding steroid dienone is 2. The molecule has 0 aromatic heterocycles. The third-order valence-corrected chi connectivity index (χ3v) is 7.98. The maximum Gasteiger partial charge on any atom is 0.231 e. The molecule has 1 amide bonds. The Kier molecular flexibility index (Phi) is 2.38. The third-order valence-electron chi connectivity index (χ3n) is 7.98. The van der Waals surface area contributed by atoms with E-state index in [2.05, 4.69) is 65.6 Å². The third kappa shape index (κ3) is 1.42. The average molecular weight is 339 g/mol. The summed E-state index contributed by atoms with van der Waals surface area (Å²) in [5.41, 5.74) is 5.55. The molecule has 0 radical (unpaired) electrons. The molecular weight excluding hydrogens is 318 g/mol. The van der Waals surface area contributed by atoms with Crippen LogP contribution in [0.2, 0.25) is 0 Å². The van der Waals surface area contributed by atoms with Crippen LogP contribution in [0.25, 0.3) is 0 Å². The second-order valence-corrected chi connectivity index (χ2v) is 8.85. The molecule has 2 heterocycles. The number of hydrogen-bond donors (Lipinski definition) is 0. The predicted octanol–water partition coefficient (Wildman–Crippen LogP) is 4.16. The van der Waals surface area contributed by atoms with E-state index < -0.39 is 0 Å². The van der Waals surface area contributed by atoms with Gasteiger partial charge in [0.2, 0.25) is 5.91 Å². The molecule has 0 spiro atoms. The highest BCUT2D eigenvalue weighted by Gasteiger charge is 2.64. The summed E-state index contributed by atoms with van der Waals surface area (Å²) in [7, 11) is 0. The summed E-state index contributed by atoms with van der Waals surface area (Å²) in [4.78, 5) is 15.8. The van der Waals surface area contributed by atoms with Crippen LogP contribution in [0.1, 0.15) is 29.0 Å². The van der Waals surface area contributed by atoms with Gasteiger partial charge in [-0.3, -0.25) is 4.79 Å². The van der Waals surface area contributed by atoms with Crippen molar-refractivity contribution in [2.45, 2.75) is 24.8 Å². The maximum absolute atomic E-state index is 13.5. The lowest BCUT2D eigenvalue weighted by molar-refractivity contribution is -0.121. The van der Waals surface area contributed by atoms with E-state index in [0.717, 1.165) is 6.42 Å². The van der Waals surface area contributed by atoms with Gasteiger partial charge in [-0.2, -0.15) is 0 Å². The summed E-state index contributed by atoms with van der Waals surface area (Å²) in [5, 5.41) is 0. The molecule has 2 aromatic carbocycles. The van der Waals surface area contributed by atoms with Gasteiger partial charge in [-0.1, -0.05) is 54.6 Å². The van der Waals surface area contributed by atoms with Gasteiger partial charge in [0.25, 0.3) is 0 Å². The van der Waals surface area contributed by atoms with E-state index in [1.807, 2.05) is 0 Å². The zero-order valence-corrected chi connectivity index (χ0v) is 14.6. The maximum atomic E-state index is 13.5. The number of carbonyl (C=O) groups is 1. The van der Waals surface area contributed by atoms with E-state index >= 15 is 0 Å². The van der Waals surface area contributed by atoms with Crippen molar-refractivity contribution in [3.63, 3.8) is 0 Å². The minimum absolute atomic E-state index is 0.227. The zero-order valence-electron chi connectivity index (χ0n) is 14.6. The predicted molar refractivity (Wildman–Crippen MR) is 101 cm³/mol. The first kappa shape index (κ1) is 13.8. The van der Waals surface area contributed by atoms with Crippen molar-refractivity contribution in [2.24, 2.45) is 29.6 Å². The Bertz CT molecular complexity index is 991. The Balaban J connectivity index is 1.48. The van der Waals surface area contributed by atoms with Crippen LogP contribution >= 0.6 is 0 Å². The number of rotatable bonds is 0. The number of carbonyl (C=O) groups excluding carboxylic acids is 1. The Hall–Kier alpha value is -2.35. The van der Waals surface area contributed by atoms with E-state index in [4.69, 9.17) is 0 Å². The van der Waals surface area contributed by atoms with Crippen LogP contribution in [0, 0.1) is 29.6 Å². The van der Waals surface area contributed by atoms with Gasteiger partial charge >= 0.3 is 0 Å². The van der Waals surface area contributed by atoms with Crippen LogP contribution in [-0.2, 0) is 11.2 Å². The Labute approximate surface area is 153 Å². The van der Waals surface area contributed by atoms with Gasteiger partial charge in [-0.15, -0.1) is 0 Å². The molecule has 1 saturated heterocycles. The fraction of sp³-hybridized carbons (Fsp3) is 0.375. The number of benzene rings is 2. The highest BCUT2D eigenvalue weighted by atomic mass is 16.2. The minimum Gasteiger partial charge on any atom is -0.308 e. The molecule has 128 valence electrons. The minimum atomic E-state index is 0.227. The van der Waals surface area contributed by atoms with Crippen LogP contribution in [0.15, 0.2) is 60.7 Å². The van der Waals surface area contributed by atoms with Gasteiger partial charge in [-0.05, 0) is 59.3 Å². The SMILES string of the molecule is O=C1[C@@H]2[C@H]([C@@H]3[C@@H]4Cc5ccccc5[C@@H]4c4ccccc4N13)[C@@H]1C=C[C@H]2C1. The molecular formula is C24H21NO. The molecule has 7 atom stereocenters. The summed E-state index contributed by atoms with van der Waals surface area (Å²) in [5.74, 6) is 3.24. The zero-order chi connectivity index (χ0) is 17.0. The van der Waals surface area contributed by atoms with E-state index in [-0.39, 0.29) is 5.92 Å². The van der Waals surface area contributed by atoms with Gasteiger partial charge in [0.05, 0.1) is 5.92 Å². The molecule has 1 saturated carbocycles. The molecule has 0 unspecified atom stereocenters. The average Bonchev–Trinajstić information content (AvgIpc) is 3.42. The van der Waals surface area contributed by atoms with Crippen LogP contribution in [-0.4, -0.2) is 11.9 Å². The summed E-state index contributed by atoms with van der Waals surface area (Å²) >= 11 is 0. The lowest BCUT2D eigenvalue weighted by Gasteiger charge is -2.43. The van der Waals surface area contributed by atoms with Crippen LogP contribution in [0.4, 0.5) is 5.69 Å². The number of nitrogens with zero attached hydrogens (tertiary/aromatic N) is 1. The fourth-order valence-corrected chi connectivity index (χ4v) is 7.22. The Morgan fingerprint density at radius 3 is 2.58 bits per heavy atom. The molecule has 2 bridgehead atoms. The molecule has 2 heteroatoms. The van der Waals surface area contributed by atoms with Crippen molar-refractivity contribution in [3.05, 3.63) is 77.4 Å². The van der Waals surface area contributed by atoms with Crippen molar-refractivity contribution >= 4 is 11.6 Å². The van der Waals surface area contributed by atoms with Crippen LogP contribution in [0.5, 0.6) is 0 Å². The number of amides is 1. The molecule has 2 nitrogen and oxygen atoms in total. The van der Waals surface area contributed by atoms with Gasteiger partial charge in [-0.25, -0.2) is 0 Å². The first-order valence-electron chi connectivity index (χ1n) is 10.0. The number of hydrogen-bond acceptors (Lipinski definition) is 1. The van der Waals surface area contributed by atoms with E-state index in [1.165, 1.54) is 28.8 Å². The normalized spacial score (nSPS) is 40.2. The van der Waals surface area contributed by atoms with Crippen LogP contribution < -0.4 is 4.90 Å². The van der Waals surface area contributed by atoms with Crippen molar-refractivity contribution in [1.29, 1.82) is 0 Å². The highest BCUT2D eigenvalue weighted by molar-refractivity contribution is 6.01. The smallest absolute Gasteiger partial charge is 0.231 e. The summed E-state index contributed by atoms with van der Waals surface area (Å²) in [6.45, 7) is 0. The summed E-state index contributed by atoms with van der Waals surface area (Å²) < 4.78 is 0. The van der Waals surface area contributed by atoms with Crippen molar-refractivity contribution < 1.29 is 4.79 Å². The van der Waals surface area contributed by atoms with Gasteiger partial charge in [0.1, 0.15) is 0 Å². The second-order valence-electron chi connectivity index (χ2n) is 8.85. The van der Waals surface area contributed by atoms with Gasteiger partial charge in [0, 0.05) is 17.6 Å². The van der Waals surface area contributed by atoms with Crippen molar-refractivity contribution in [2.75, 3.05) is 4.90 Å². The topological polar surface area (TPSA) is 20.3 Å². The van der Waals surface area contributed by atoms with Gasteiger partial charge < -0.3 is 4.90 Å². The molecule has 0 N–H and O–H groups in total. The summed E-state index contributed by atoms with van der Waals surface area (Å²) in [6, 6.07) is 18.0. The number of para-hydroxylation sites is 1. The highest BCUT2D eigenvalue weighted by Crippen LogP contribution is 2.62. The largest absolute Gasteiger partial charge is 0.308 e. The molecule has 2 aromatic rings. The monoisotopic (exact) mass is 339 g/mol. The number of anilines is 1. The molecule has 26 heavy (non-hydrogen) atoms. The molecule has 2 fully saturated rings. The standard InChI is InChI=1S/C24H21NO/c26-24-21-15-10-9-14(11-15)20(21)23-18-12-13-5-1-2-6-16(13)22(18)17-7-3-4-8-19(17)25(23)24/h1-10,14-15,18,20-23H,11-12H2/t14-,15+,18-,20-,21+,22-,23+/m1/s1. The van der Waals surface area contributed by atoms with Crippen LogP contribution in [0.3, 0.4) is 0 Å². The first-order chi connectivity index (χ1) is 12.8. The molecule has 5 aliphatic rings. The number of fused-ring (bicyclic) bond motifs is 14. The summed E-state index contributed by atoms with van der Waals surface area (Å²) in [6.07, 6.45) is 7.07. The quantitative estimate of drug-likeness (QED) is 0.660. The second kappa shape index (κ2) is 4.49. The molecule has 7 rings (SSSR count). The van der Waals surface area contributed by atoms with Crippen molar-refractivity contribution in [1.82, 2.24) is 0 Å². The lowest BCUT2D eigenvalue weighted by atomic mass is 9.70. The molecule has 2 aliphatic heterocycles. The Morgan fingerprint density at radius 1 is 0.885 bits per heavy atom. The van der Waals surface area contributed by atoms with Crippen molar-refractivity contribution in [3.8, 4) is 0 Å². The Morgan fingerprint density at radius 2 is 1.65 bits per heavy atom. The van der Waals surface area contributed by atoms with E-state index in [9.17, 15) is 4.79 Å². The molecule has 3 aliphatic carbocycles. The first-order valence-corrected chi connectivity index (χ1v) is 10.0. The van der Waals surface area contributed by atoms with E-state index in [0.29, 0.717) is 41.5 Å². The van der Waals surface area contributed by atoms with E-state index in [1.54, 1.807) is 0 Å². The fourth-order valence-electron chi connectivity index (χ4n) is 7.22.